The molecule has 0 aliphatic carbocycles. The molecule has 1 atom stereocenters. The summed E-state index contributed by atoms with van der Waals surface area (Å²) in [6, 6.07) is 0. The second-order valence-corrected chi connectivity index (χ2v) is 7.11. The van der Waals surface area contributed by atoms with Gasteiger partial charge < -0.3 is 10.4 Å². The molecule has 0 fully saturated rings. The molecule has 0 aromatic heterocycles. The zero-order valence-electron chi connectivity index (χ0n) is 11.0. The van der Waals surface area contributed by atoms with E-state index in [0.29, 0.717) is 12.3 Å². The lowest BCUT2D eigenvalue weighted by Crippen LogP contribution is -2.34. The third-order valence-corrected chi connectivity index (χ3v) is 3.04. The highest BCUT2D eigenvalue weighted by Gasteiger charge is 2.17. The van der Waals surface area contributed by atoms with Gasteiger partial charge in [0.1, 0.15) is 5.75 Å². The van der Waals surface area contributed by atoms with E-state index in [0.717, 1.165) is 6.26 Å². The lowest BCUT2D eigenvalue weighted by atomic mass is 9.94. The number of carbonyl (C=O) groups is 2. The molecule has 0 spiro atoms. The Bertz CT molecular complexity index is 388. The van der Waals surface area contributed by atoms with Crippen molar-refractivity contribution in [2.24, 2.45) is 11.8 Å². The summed E-state index contributed by atoms with van der Waals surface area (Å²) in [5, 5.41) is 11.2. The van der Waals surface area contributed by atoms with Crippen LogP contribution in [0.15, 0.2) is 0 Å². The normalized spacial score (nSPS) is 13.3. The van der Waals surface area contributed by atoms with Crippen LogP contribution in [0.2, 0.25) is 0 Å². The van der Waals surface area contributed by atoms with Gasteiger partial charge in [-0.15, -0.1) is 0 Å². The van der Waals surface area contributed by atoms with Crippen molar-refractivity contribution in [2.45, 2.75) is 26.7 Å². The van der Waals surface area contributed by atoms with Crippen LogP contribution >= 0.6 is 0 Å². The zero-order chi connectivity index (χ0) is 14.3. The van der Waals surface area contributed by atoms with Gasteiger partial charge in [0.2, 0.25) is 5.91 Å². The predicted molar refractivity (Wildman–Crippen MR) is 67.9 cm³/mol. The molecule has 7 heteroatoms. The SMILES string of the molecule is CC(C)CC(CNC(=O)CS(C)(=O)=O)CC(=O)O. The van der Waals surface area contributed by atoms with Gasteiger partial charge in [0.25, 0.3) is 0 Å². The summed E-state index contributed by atoms with van der Waals surface area (Å²) in [4.78, 5) is 22.0. The summed E-state index contributed by atoms with van der Waals surface area (Å²) in [5.41, 5.74) is 0. The number of carbonyl (C=O) groups excluding carboxylic acids is 1. The standard InChI is InChI=1S/C11H21NO5S/c1-8(2)4-9(5-11(14)15)6-12-10(13)7-18(3,16)17/h8-9H,4-7H2,1-3H3,(H,12,13)(H,14,15). The molecule has 0 aliphatic rings. The van der Waals surface area contributed by atoms with Crippen LogP contribution in [0, 0.1) is 11.8 Å². The molecule has 0 aliphatic heterocycles. The van der Waals surface area contributed by atoms with E-state index in [4.69, 9.17) is 5.11 Å². The fourth-order valence-corrected chi connectivity index (χ4v) is 2.28. The van der Waals surface area contributed by atoms with Crippen molar-refractivity contribution in [3.8, 4) is 0 Å². The lowest BCUT2D eigenvalue weighted by molar-refractivity contribution is -0.138. The Morgan fingerprint density at radius 3 is 2.22 bits per heavy atom. The molecule has 2 N–H and O–H groups in total. The molecule has 0 saturated heterocycles. The third kappa shape index (κ3) is 10.1. The number of nitrogens with one attached hydrogen (secondary N) is 1. The summed E-state index contributed by atoms with van der Waals surface area (Å²) in [7, 11) is -3.35. The minimum Gasteiger partial charge on any atom is -0.481 e. The van der Waals surface area contributed by atoms with Crippen LogP contribution in [0.25, 0.3) is 0 Å². The van der Waals surface area contributed by atoms with Gasteiger partial charge >= 0.3 is 5.97 Å². The summed E-state index contributed by atoms with van der Waals surface area (Å²) in [6.07, 6.45) is 1.62. The van der Waals surface area contributed by atoms with E-state index >= 15 is 0 Å². The number of hydrogen-bond donors (Lipinski definition) is 2. The molecule has 0 aromatic carbocycles. The van der Waals surface area contributed by atoms with Crippen LogP contribution < -0.4 is 5.32 Å². The van der Waals surface area contributed by atoms with Gasteiger partial charge in [-0.2, -0.15) is 0 Å². The van der Waals surface area contributed by atoms with E-state index in [1.165, 1.54) is 0 Å². The minimum absolute atomic E-state index is 0.0304. The average Bonchev–Trinajstić information content (AvgIpc) is 2.09. The van der Waals surface area contributed by atoms with Gasteiger partial charge in [0.05, 0.1) is 0 Å². The minimum atomic E-state index is -3.35. The molecule has 0 radical (unpaired) electrons. The summed E-state index contributed by atoms with van der Waals surface area (Å²) in [6.45, 7) is 4.12. The maximum absolute atomic E-state index is 11.3. The Balaban J connectivity index is 4.25. The van der Waals surface area contributed by atoms with Gasteiger partial charge in [-0.1, -0.05) is 13.8 Å². The smallest absolute Gasteiger partial charge is 0.303 e. The van der Waals surface area contributed by atoms with Gasteiger partial charge in [-0.3, -0.25) is 9.59 Å². The number of sulfone groups is 1. The molecule has 1 amide bonds. The molecule has 1 unspecified atom stereocenters. The van der Waals surface area contributed by atoms with Gasteiger partial charge in [-0.05, 0) is 18.3 Å². The van der Waals surface area contributed by atoms with Gasteiger partial charge in [0.15, 0.2) is 9.84 Å². The van der Waals surface area contributed by atoms with Crippen molar-refractivity contribution in [3.63, 3.8) is 0 Å². The Labute approximate surface area is 108 Å². The molecule has 106 valence electrons. The van der Waals surface area contributed by atoms with Crippen molar-refractivity contribution in [2.75, 3.05) is 18.6 Å². The van der Waals surface area contributed by atoms with Crippen LogP contribution in [-0.2, 0) is 19.4 Å². The van der Waals surface area contributed by atoms with Gasteiger partial charge in [-0.25, -0.2) is 8.42 Å². The first-order chi connectivity index (χ1) is 8.10. The summed E-state index contributed by atoms with van der Waals surface area (Å²) in [5.74, 6) is -1.92. The quantitative estimate of drug-likeness (QED) is 0.665. The van der Waals surface area contributed by atoms with Crippen LogP contribution in [0.1, 0.15) is 26.7 Å². The molecule has 0 heterocycles. The molecular weight excluding hydrogens is 258 g/mol. The van der Waals surface area contributed by atoms with E-state index in [1.54, 1.807) is 0 Å². The number of hydrogen-bond acceptors (Lipinski definition) is 4. The molecule has 18 heavy (non-hydrogen) atoms. The molecule has 0 aromatic rings. The third-order valence-electron chi connectivity index (χ3n) is 2.25. The lowest BCUT2D eigenvalue weighted by Gasteiger charge is -2.17. The zero-order valence-corrected chi connectivity index (χ0v) is 11.8. The number of amides is 1. The van der Waals surface area contributed by atoms with Crippen molar-refractivity contribution in [3.05, 3.63) is 0 Å². The second-order valence-electron chi connectivity index (χ2n) is 4.97. The molecular formula is C11H21NO5S. The van der Waals surface area contributed by atoms with E-state index in [-0.39, 0.29) is 18.9 Å². The Hall–Kier alpha value is -1.11. The highest BCUT2D eigenvalue weighted by molar-refractivity contribution is 7.91. The van der Waals surface area contributed by atoms with Crippen LogP contribution in [0.4, 0.5) is 0 Å². The van der Waals surface area contributed by atoms with Crippen LogP contribution in [0.5, 0.6) is 0 Å². The first-order valence-electron chi connectivity index (χ1n) is 5.76. The monoisotopic (exact) mass is 279 g/mol. The molecule has 6 nitrogen and oxygen atoms in total. The molecule has 0 rings (SSSR count). The average molecular weight is 279 g/mol. The number of carboxylic acid groups (broad SMARTS) is 1. The number of aliphatic carboxylic acids is 1. The summed E-state index contributed by atoms with van der Waals surface area (Å²) < 4.78 is 21.8. The topological polar surface area (TPSA) is 101 Å². The van der Waals surface area contributed by atoms with Crippen LogP contribution in [-0.4, -0.2) is 44.0 Å². The van der Waals surface area contributed by atoms with E-state index in [2.05, 4.69) is 5.32 Å². The van der Waals surface area contributed by atoms with Crippen molar-refractivity contribution in [1.82, 2.24) is 5.32 Å². The van der Waals surface area contributed by atoms with E-state index in [1.807, 2.05) is 13.8 Å². The number of rotatable bonds is 8. The highest BCUT2D eigenvalue weighted by Crippen LogP contribution is 2.14. The second kappa shape index (κ2) is 7.35. The fourth-order valence-electron chi connectivity index (χ4n) is 1.70. The van der Waals surface area contributed by atoms with E-state index in [9.17, 15) is 18.0 Å². The van der Waals surface area contributed by atoms with E-state index < -0.39 is 27.5 Å². The fraction of sp³-hybridized carbons (Fsp3) is 0.818. The predicted octanol–water partition coefficient (Wildman–Crippen LogP) is 0.284. The first kappa shape index (κ1) is 16.9. The first-order valence-corrected chi connectivity index (χ1v) is 7.82. The van der Waals surface area contributed by atoms with Gasteiger partial charge in [0, 0.05) is 19.2 Å². The number of carboxylic acids is 1. The highest BCUT2D eigenvalue weighted by atomic mass is 32.2. The molecule has 0 bridgehead atoms. The van der Waals surface area contributed by atoms with Crippen LogP contribution in [0.3, 0.4) is 0 Å². The van der Waals surface area contributed by atoms with Crippen molar-refractivity contribution >= 4 is 21.7 Å². The largest absolute Gasteiger partial charge is 0.481 e. The summed E-state index contributed by atoms with van der Waals surface area (Å²) >= 11 is 0. The van der Waals surface area contributed by atoms with Crippen molar-refractivity contribution in [1.29, 1.82) is 0 Å². The Kier molecular flexibility index (Phi) is 6.90. The van der Waals surface area contributed by atoms with Crippen molar-refractivity contribution < 1.29 is 23.1 Å². The Morgan fingerprint density at radius 2 is 1.83 bits per heavy atom. The maximum atomic E-state index is 11.3. The maximum Gasteiger partial charge on any atom is 0.303 e. The Morgan fingerprint density at radius 1 is 1.28 bits per heavy atom. The molecule has 0 saturated carbocycles.